The molecule has 0 saturated carbocycles. The van der Waals surface area contributed by atoms with Crippen LogP contribution in [0, 0.1) is 5.92 Å². The van der Waals surface area contributed by atoms with E-state index in [4.69, 9.17) is 23.2 Å². The summed E-state index contributed by atoms with van der Waals surface area (Å²) >= 11 is 12.2. The Morgan fingerprint density at radius 1 is 1.09 bits per heavy atom. The topological polar surface area (TPSA) is 69.7 Å². The Bertz CT molecular complexity index is 1040. The number of amides is 4. The number of nitrogens with zero attached hydrogens (tertiary/aromatic N) is 2. The Balaban J connectivity index is 1.37. The lowest BCUT2D eigenvalue weighted by Gasteiger charge is -2.33. The average Bonchev–Trinajstić information content (AvgIpc) is 2.98. The van der Waals surface area contributed by atoms with Gasteiger partial charge < -0.3 is 10.2 Å². The maximum atomic E-state index is 13.1. The van der Waals surface area contributed by atoms with E-state index in [1.54, 1.807) is 24.0 Å². The highest BCUT2D eigenvalue weighted by Crippen LogP contribution is 2.35. The molecule has 0 radical (unpaired) electrons. The molecule has 2 aromatic rings. The van der Waals surface area contributed by atoms with Crippen LogP contribution in [0.1, 0.15) is 30.9 Å². The van der Waals surface area contributed by atoms with Crippen LogP contribution in [0.5, 0.6) is 0 Å². The van der Waals surface area contributed by atoms with E-state index >= 15 is 0 Å². The summed E-state index contributed by atoms with van der Waals surface area (Å²) in [6, 6.07) is 14.5. The molecule has 0 aromatic heterocycles. The number of rotatable bonds is 5. The van der Waals surface area contributed by atoms with Crippen LogP contribution in [0.4, 0.5) is 4.79 Å². The molecule has 168 valence electrons. The van der Waals surface area contributed by atoms with Crippen LogP contribution in [0.2, 0.25) is 10.0 Å². The molecule has 1 atom stereocenters. The van der Waals surface area contributed by atoms with Gasteiger partial charge in [0.15, 0.2) is 0 Å². The number of hydrogen-bond donors (Lipinski definition) is 1. The van der Waals surface area contributed by atoms with Crippen LogP contribution in [0.3, 0.4) is 0 Å². The normalized spacial score (nSPS) is 21.7. The fraction of sp³-hybridized carbons (Fsp3) is 0.375. The van der Waals surface area contributed by atoms with Gasteiger partial charge in [-0.25, -0.2) is 4.79 Å². The Labute approximate surface area is 197 Å². The van der Waals surface area contributed by atoms with E-state index in [0.717, 1.165) is 24.2 Å². The van der Waals surface area contributed by atoms with Gasteiger partial charge in [0.1, 0.15) is 12.1 Å². The van der Waals surface area contributed by atoms with Gasteiger partial charge in [-0.2, -0.15) is 0 Å². The van der Waals surface area contributed by atoms with E-state index in [0.29, 0.717) is 29.6 Å². The molecule has 4 rings (SSSR count). The van der Waals surface area contributed by atoms with Crippen LogP contribution in [-0.2, 0) is 21.5 Å². The van der Waals surface area contributed by atoms with E-state index in [2.05, 4.69) is 17.4 Å². The number of urea groups is 1. The molecule has 0 unspecified atom stereocenters. The van der Waals surface area contributed by atoms with Crippen molar-refractivity contribution in [2.75, 3.05) is 19.6 Å². The van der Waals surface area contributed by atoms with Gasteiger partial charge in [-0.1, -0.05) is 59.6 Å². The van der Waals surface area contributed by atoms with Crippen LogP contribution in [0.25, 0.3) is 0 Å². The third-order valence-corrected chi connectivity index (χ3v) is 6.92. The van der Waals surface area contributed by atoms with E-state index in [1.807, 2.05) is 18.2 Å². The lowest BCUT2D eigenvalue weighted by atomic mass is 9.90. The maximum absolute atomic E-state index is 13.1. The molecular formula is C24H25Cl2N3O3. The van der Waals surface area contributed by atoms with Gasteiger partial charge in [0.2, 0.25) is 5.91 Å². The van der Waals surface area contributed by atoms with Crippen molar-refractivity contribution in [1.29, 1.82) is 0 Å². The molecule has 2 saturated heterocycles. The molecule has 2 fully saturated rings. The molecule has 2 aliphatic rings. The van der Waals surface area contributed by atoms with Crippen molar-refractivity contribution in [2.45, 2.75) is 31.7 Å². The standard InChI is InChI=1S/C24H25Cl2N3O3/c1-24(19-8-7-18(25)14-20(19)26)22(31)29(23(32)27-24)15-21(30)28-11-9-17(10-12-28)13-16-5-3-2-4-6-16/h2-8,14,17H,9-13,15H2,1H3,(H,27,32)/t24-/m0/s1. The van der Waals surface area contributed by atoms with Crippen LogP contribution in [-0.4, -0.2) is 47.3 Å². The molecular weight excluding hydrogens is 449 g/mol. The second-order valence-electron chi connectivity index (χ2n) is 8.58. The molecule has 0 aliphatic carbocycles. The number of halogens is 2. The fourth-order valence-corrected chi connectivity index (χ4v) is 5.08. The van der Waals surface area contributed by atoms with Crippen LogP contribution < -0.4 is 5.32 Å². The van der Waals surface area contributed by atoms with Crippen molar-refractivity contribution < 1.29 is 14.4 Å². The fourth-order valence-electron chi connectivity index (χ4n) is 4.49. The predicted molar refractivity (Wildman–Crippen MR) is 124 cm³/mol. The molecule has 0 bridgehead atoms. The maximum Gasteiger partial charge on any atom is 0.325 e. The third-order valence-electron chi connectivity index (χ3n) is 6.37. The van der Waals surface area contributed by atoms with E-state index < -0.39 is 17.5 Å². The van der Waals surface area contributed by atoms with Gasteiger partial charge in [-0.05, 0) is 49.8 Å². The van der Waals surface area contributed by atoms with Crippen LogP contribution >= 0.6 is 23.2 Å². The van der Waals surface area contributed by atoms with Crippen molar-refractivity contribution in [3.05, 3.63) is 69.7 Å². The minimum absolute atomic E-state index is 0.224. The van der Waals surface area contributed by atoms with Crippen molar-refractivity contribution in [2.24, 2.45) is 5.92 Å². The van der Waals surface area contributed by atoms with Gasteiger partial charge in [-0.15, -0.1) is 0 Å². The zero-order chi connectivity index (χ0) is 22.9. The van der Waals surface area contributed by atoms with Crippen molar-refractivity contribution in [3.63, 3.8) is 0 Å². The molecule has 6 nitrogen and oxygen atoms in total. The van der Waals surface area contributed by atoms with Gasteiger partial charge in [0, 0.05) is 28.7 Å². The number of piperidine rings is 1. The summed E-state index contributed by atoms with van der Waals surface area (Å²) in [5.41, 5.74) is 0.400. The summed E-state index contributed by atoms with van der Waals surface area (Å²) in [5, 5.41) is 3.40. The molecule has 0 spiro atoms. The highest BCUT2D eigenvalue weighted by molar-refractivity contribution is 6.35. The SMILES string of the molecule is C[C@@]1(c2ccc(Cl)cc2Cl)NC(=O)N(CC(=O)N2CCC(Cc3ccccc3)CC2)C1=O. The average molecular weight is 474 g/mol. The monoisotopic (exact) mass is 473 g/mol. The summed E-state index contributed by atoms with van der Waals surface area (Å²) in [6.07, 6.45) is 2.80. The number of likely N-dealkylation sites (tertiary alicyclic amines) is 1. The van der Waals surface area contributed by atoms with E-state index in [9.17, 15) is 14.4 Å². The number of carbonyl (C=O) groups excluding carboxylic acids is 3. The third kappa shape index (κ3) is 4.48. The van der Waals surface area contributed by atoms with Gasteiger partial charge in [-0.3, -0.25) is 14.5 Å². The van der Waals surface area contributed by atoms with E-state index in [-0.39, 0.29) is 17.5 Å². The smallest absolute Gasteiger partial charge is 0.325 e. The first-order valence-corrected chi connectivity index (χ1v) is 11.4. The summed E-state index contributed by atoms with van der Waals surface area (Å²) in [4.78, 5) is 41.3. The molecule has 32 heavy (non-hydrogen) atoms. The van der Waals surface area contributed by atoms with Crippen molar-refractivity contribution >= 4 is 41.0 Å². The summed E-state index contributed by atoms with van der Waals surface area (Å²) in [6.45, 7) is 2.55. The first-order chi connectivity index (χ1) is 15.3. The Morgan fingerprint density at radius 3 is 2.44 bits per heavy atom. The zero-order valence-corrected chi connectivity index (χ0v) is 19.3. The minimum atomic E-state index is -1.35. The molecule has 2 aliphatic heterocycles. The molecule has 2 heterocycles. The Morgan fingerprint density at radius 2 is 1.78 bits per heavy atom. The van der Waals surface area contributed by atoms with Crippen molar-refractivity contribution in [3.8, 4) is 0 Å². The second kappa shape index (κ2) is 9.12. The number of benzene rings is 2. The molecule has 8 heteroatoms. The highest BCUT2D eigenvalue weighted by atomic mass is 35.5. The second-order valence-corrected chi connectivity index (χ2v) is 9.43. The van der Waals surface area contributed by atoms with Crippen molar-refractivity contribution in [1.82, 2.24) is 15.1 Å². The molecule has 1 N–H and O–H groups in total. The Kier molecular flexibility index (Phi) is 6.45. The lowest BCUT2D eigenvalue weighted by molar-refractivity contribution is -0.139. The molecule has 4 amide bonds. The summed E-state index contributed by atoms with van der Waals surface area (Å²) in [5.74, 6) is -0.203. The first-order valence-electron chi connectivity index (χ1n) is 10.7. The number of hydrogen-bond acceptors (Lipinski definition) is 3. The number of carbonyl (C=O) groups is 3. The van der Waals surface area contributed by atoms with Gasteiger partial charge in [0.05, 0.1) is 0 Å². The predicted octanol–water partition coefficient (Wildman–Crippen LogP) is 4.24. The molecule has 2 aromatic carbocycles. The lowest BCUT2D eigenvalue weighted by Crippen LogP contribution is -2.47. The van der Waals surface area contributed by atoms with E-state index in [1.165, 1.54) is 11.6 Å². The zero-order valence-electron chi connectivity index (χ0n) is 17.8. The van der Waals surface area contributed by atoms with Gasteiger partial charge in [0.25, 0.3) is 5.91 Å². The quantitative estimate of drug-likeness (QED) is 0.660. The van der Waals surface area contributed by atoms with Crippen LogP contribution in [0.15, 0.2) is 48.5 Å². The number of imide groups is 1. The highest BCUT2D eigenvalue weighted by Gasteiger charge is 2.50. The Hall–Kier alpha value is -2.57. The summed E-state index contributed by atoms with van der Waals surface area (Å²) in [7, 11) is 0. The number of nitrogens with one attached hydrogen (secondary N) is 1. The summed E-state index contributed by atoms with van der Waals surface area (Å²) < 4.78 is 0. The first kappa shape index (κ1) is 22.6. The largest absolute Gasteiger partial charge is 0.341 e. The van der Waals surface area contributed by atoms with Gasteiger partial charge >= 0.3 is 6.03 Å². The minimum Gasteiger partial charge on any atom is -0.341 e.